The molecule has 0 spiro atoms. The molecule has 0 saturated carbocycles. The van der Waals surface area contributed by atoms with Crippen LogP contribution < -0.4 is 10.1 Å². The van der Waals surface area contributed by atoms with Crippen molar-refractivity contribution in [3.8, 4) is 5.75 Å². The number of aryl methyl sites for hydroxylation is 1. The molecule has 5 nitrogen and oxygen atoms in total. The first kappa shape index (κ1) is 16.8. The van der Waals surface area contributed by atoms with E-state index in [0.29, 0.717) is 17.5 Å². The number of alkyl halides is 2. The van der Waals surface area contributed by atoms with Crippen LogP contribution in [0, 0.1) is 5.82 Å². The number of H-pyrrole nitrogens is 1. The largest absolute Gasteiger partial charge is 0.435 e. The van der Waals surface area contributed by atoms with Crippen molar-refractivity contribution in [2.75, 3.05) is 5.32 Å². The number of carbonyl (C=O) groups is 1. The molecule has 8 heteroatoms. The Morgan fingerprint density at radius 2 is 1.96 bits per heavy atom. The Morgan fingerprint density at radius 3 is 2.68 bits per heavy atom. The van der Waals surface area contributed by atoms with Crippen molar-refractivity contribution in [3.63, 3.8) is 0 Å². The third-order valence-electron chi connectivity index (χ3n) is 3.49. The number of benzene rings is 2. The van der Waals surface area contributed by atoms with E-state index >= 15 is 0 Å². The maximum atomic E-state index is 13.1. The van der Waals surface area contributed by atoms with E-state index in [1.807, 2.05) is 0 Å². The zero-order chi connectivity index (χ0) is 17.8. The van der Waals surface area contributed by atoms with E-state index in [0.717, 1.165) is 5.56 Å². The smallest absolute Gasteiger partial charge is 0.387 e. The molecule has 0 bridgehead atoms. The van der Waals surface area contributed by atoms with Crippen LogP contribution in [-0.2, 0) is 11.2 Å². The maximum Gasteiger partial charge on any atom is 0.387 e. The van der Waals surface area contributed by atoms with Crippen LogP contribution in [0.5, 0.6) is 5.75 Å². The molecule has 130 valence electrons. The van der Waals surface area contributed by atoms with E-state index < -0.39 is 12.4 Å². The van der Waals surface area contributed by atoms with Gasteiger partial charge in [0.05, 0.1) is 11.0 Å². The molecule has 3 aromatic rings. The summed E-state index contributed by atoms with van der Waals surface area (Å²) >= 11 is 0. The molecule has 2 aromatic carbocycles. The molecule has 1 heterocycles. The van der Waals surface area contributed by atoms with E-state index in [9.17, 15) is 18.0 Å². The number of ether oxygens (including phenoxy) is 1. The van der Waals surface area contributed by atoms with Gasteiger partial charge in [0.1, 0.15) is 11.6 Å². The SMILES string of the molecule is O=C(CCc1ccc(OC(F)F)cc1)Nc1nc2ccc(F)cc2[nH]1. The minimum absolute atomic E-state index is 0.0673. The fraction of sp³-hybridized carbons (Fsp3) is 0.176. The highest BCUT2D eigenvalue weighted by Gasteiger charge is 2.09. The first-order valence-electron chi connectivity index (χ1n) is 7.48. The number of aromatic nitrogens is 2. The van der Waals surface area contributed by atoms with Gasteiger partial charge in [-0.3, -0.25) is 10.1 Å². The summed E-state index contributed by atoms with van der Waals surface area (Å²) in [6.07, 6.45) is 0.607. The number of carbonyl (C=O) groups excluding carboxylic acids is 1. The van der Waals surface area contributed by atoms with Crippen LogP contribution in [0.2, 0.25) is 0 Å². The van der Waals surface area contributed by atoms with Gasteiger partial charge in [0.2, 0.25) is 11.9 Å². The summed E-state index contributed by atoms with van der Waals surface area (Å²) in [6, 6.07) is 10.2. The topological polar surface area (TPSA) is 67.0 Å². The Kier molecular flexibility index (Phi) is 4.87. The molecule has 0 aliphatic heterocycles. The molecule has 0 aliphatic rings. The number of fused-ring (bicyclic) bond motifs is 1. The van der Waals surface area contributed by atoms with E-state index in [2.05, 4.69) is 20.0 Å². The van der Waals surface area contributed by atoms with Crippen LogP contribution in [0.15, 0.2) is 42.5 Å². The Labute approximate surface area is 140 Å². The van der Waals surface area contributed by atoms with Crippen molar-refractivity contribution in [2.24, 2.45) is 0 Å². The van der Waals surface area contributed by atoms with Crippen LogP contribution in [0.3, 0.4) is 0 Å². The van der Waals surface area contributed by atoms with Gasteiger partial charge in [0.15, 0.2) is 0 Å². The third kappa shape index (κ3) is 4.50. The zero-order valence-corrected chi connectivity index (χ0v) is 12.9. The molecule has 2 N–H and O–H groups in total. The van der Waals surface area contributed by atoms with Crippen LogP contribution in [0.4, 0.5) is 19.1 Å². The van der Waals surface area contributed by atoms with Crippen LogP contribution in [-0.4, -0.2) is 22.5 Å². The first-order valence-corrected chi connectivity index (χ1v) is 7.48. The summed E-state index contributed by atoms with van der Waals surface area (Å²) < 4.78 is 41.5. The van der Waals surface area contributed by atoms with E-state index in [4.69, 9.17) is 0 Å². The lowest BCUT2D eigenvalue weighted by atomic mass is 10.1. The molecule has 0 atom stereocenters. The number of halogens is 3. The molecular formula is C17H14F3N3O2. The lowest BCUT2D eigenvalue weighted by Gasteiger charge is -2.06. The number of hydrogen-bond donors (Lipinski definition) is 2. The van der Waals surface area contributed by atoms with Crippen LogP contribution in [0.1, 0.15) is 12.0 Å². The first-order chi connectivity index (χ1) is 12.0. The standard InChI is InChI=1S/C17H14F3N3O2/c18-11-4-7-13-14(9-11)22-17(21-13)23-15(24)8-3-10-1-5-12(6-2-10)25-16(19)20/h1-2,4-7,9,16H,3,8H2,(H2,21,22,23,24). The van der Waals surface area contributed by atoms with Crippen molar-refractivity contribution in [2.45, 2.75) is 19.5 Å². The number of aromatic amines is 1. The van der Waals surface area contributed by atoms with Gasteiger partial charge in [-0.2, -0.15) is 8.78 Å². The number of rotatable bonds is 6. The molecular weight excluding hydrogens is 335 g/mol. The number of nitrogens with one attached hydrogen (secondary N) is 2. The summed E-state index contributed by atoms with van der Waals surface area (Å²) in [4.78, 5) is 18.9. The minimum Gasteiger partial charge on any atom is -0.435 e. The molecule has 1 aromatic heterocycles. The quantitative estimate of drug-likeness (QED) is 0.710. The number of nitrogens with zero attached hydrogens (tertiary/aromatic N) is 1. The molecule has 3 rings (SSSR count). The summed E-state index contributed by atoms with van der Waals surface area (Å²) in [7, 11) is 0. The maximum absolute atomic E-state index is 13.1. The number of imidazole rings is 1. The Bertz CT molecular complexity index is 878. The Balaban J connectivity index is 1.55. The molecule has 0 aliphatic carbocycles. The van der Waals surface area contributed by atoms with Gasteiger partial charge < -0.3 is 9.72 Å². The van der Waals surface area contributed by atoms with Gasteiger partial charge in [-0.1, -0.05) is 12.1 Å². The van der Waals surface area contributed by atoms with Gasteiger partial charge in [0.25, 0.3) is 0 Å². The van der Waals surface area contributed by atoms with Crippen molar-refractivity contribution in [1.82, 2.24) is 9.97 Å². The summed E-state index contributed by atoms with van der Waals surface area (Å²) in [5, 5.41) is 2.61. The van der Waals surface area contributed by atoms with Gasteiger partial charge in [-0.25, -0.2) is 9.37 Å². The fourth-order valence-electron chi connectivity index (χ4n) is 2.33. The van der Waals surface area contributed by atoms with Gasteiger partial charge in [-0.15, -0.1) is 0 Å². The molecule has 0 fully saturated rings. The highest BCUT2D eigenvalue weighted by Crippen LogP contribution is 2.17. The van der Waals surface area contributed by atoms with Gasteiger partial charge in [0, 0.05) is 6.42 Å². The van der Waals surface area contributed by atoms with E-state index in [1.165, 1.54) is 30.3 Å². The highest BCUT2D eigenvalue weighted by atomic mass is 19.3. The summed E-state index contributed by atoms with van der Waals surface area (Å²) in [6.45, 7) is -2.87. The third-order valence-corrected chi connectivity index (χ3v) is 3.49. The van der Waals surface area contributed by atoms with Gasteiger partial charge in [-0.05, 0) is 42.3 Å². The summed E-state index contributed by atoms with van der Waals surface area (Å²) in [5.41, 5.74) is 1.85. The van der Waals surface area contributed by atoms with Gasteiger partial charge >= 0.3 is 6.61 Å². The van der Waals surface area contributed by atoms with Crippen molar-refractivity contribution in [3.05, 3.63) is 53.8 Å². The summed E-state index contributed by atoms with van der Waals surface area (Å²) in [5.74, 6) is -0.357. The predicted octanol–water partition coefficient (Wildman–Crippen LogP) is 3.87. The average Bonchev–Trinajstić information content (AvgIpc) is 2.95. The normalized spacial score (nSPS) is 11.0. The second kappa shape index (κ2) is 7.25. The lowest BCUT2D eigenvalue weighted by Crippen LogP contribution is -2.13. The van der Waals surface area contributed by atoms with Crippen LogP contribution in [0.25, 0.3) is 11.0 Å². The van der Waals surface area contributed by atoms with Crippen molar-refractivity contribution < 1.29 is 22.7 Å². The van der Waals surface area contributed by atoms with Crippen molar-refractivity contribution in [1.29, 1.82) is 0 Å². The average molecular weight is 349 g/mol. The zero-order valence-electron chi connectivity index (χ0n) is 12.9. The number of hydrogen-bond acceptors (Lipinski definition) is 3. The number of anilines is 1. The number of amides is 1. The predicted molar refractivity (Wildman–Crippen MR) is 86.1 cm³/mol. The van der Waals surface area contributed by atoms with E-state index in [1.54, 1.807) is 12.1 Å². The second-order valence-corrected chi connectivity index (χ2v) is 5.32. The Morgan fingerprint density at radius 1 is 1.20 bits per heavy atom. The fourth-order valence-corrected chi connectivity index (χ4v) is 2.33. The molecule has 0 unspecified atom stereocenters. The monoisotopic (exact) mass is 349 g/mol. The lowest BCUT2D eigenvalue weighted by molar-refractivity contribution is -0.116. The Hall–Kier alpha value is -3.03. The second-order valence-electron chi connectivity index (χ2n) is 5.32. The van der Waals surface area contributed by atoms with Crippen molar-refractivity contribution >= 4 is 22.9 Å². The minimum atomic E-state index is -2.87. The highest BCUT2D eigenvalue weighted by molar-refractivity contribution is 5.91. The van der Waals surface area contributed by atoms with Crippen LogP contribution >= 0.6 is 0 Å². The molecule has 25 heavy (non-hydrogen) atoms. The molecule has 0 saturated heterocycles. The molecule has 1 amide bonds. The molecule has 0 radical (unpaired) electrons. The van der Waals surface area contributed by atoms with E-state index in [-0.39, 0.29) is 24.0 Å².